The van der Waals surface area contributed by atoms with Gasteiger partial charge in [0, 0.05) is 22.8 Å². The SMILES string of the molecule is CNCc1cncc(OCc2ccccc2Br)n1. The van der Waals surface area contributed by atoms with E-state index in [2.05, 4.69) is 31.2 Å². The molecule has 0 spiro atoms. The molecule has 1 N–H and O–H groups in total. The highest BCUT2D eigenvalue weighted by Crippen LogP contribution is 2.17. The molecule has 0 aliphatic rings. The van der Waals surface area contributed by atoms with Crippen molar-refractivity contribution in [3.63, 3.8) is 0 Å². The molecule has 2 rings (SSSR count). The number of aromatic nitrogens is 2. The van der Waals surface area contributed by atoms with Gasteiger partial charge in [-0.3, -0.25) is 4.98 Å². The molecule has 0 radical (unpaired) electrons. The maximum Gasteiger partial charge on any atom is 0.232 e. The van der Waals surface area contributed by atoms with Gasteiger partial charge in [0.15, 0.2) is 0 Å². The summed E-state index contributed by atoms with van der Waals surface area (Å²) < 4.78 is 6.66. The van der Waals surface area contributed by atoms with Crippen LogP contribution in [0.3, 0.4) is 0 Å². The lowest BCUT2D eigenvalue weighted by molar-refractivity contribution is 0.290. The first-order valence-corrected chi connectivity index (χ1v) is 6.40. The first-order chi connectivity index (χ1) is 8.79. The van der Waals surface area contributed by atoms with E-state index >= 15 is 0 Å². The van der Waals surface area contributed by atoms with E-state index in [1.807, 2.05) is 31.3 Å². The summed E-state index contributed by atoms with van der Waals surface area (Å²) >= 11 is 3.48. The molecule has 0 saturated heterocycles. The number of benzene rings is 1. The maximum absolute atomic E-state index is 5.63. The Hall–Kier alpha value is -1.46. The second kappa shape index (κ2) is 6.47. The molecule has 0 aliphatic carbocycles. The number of nitrogens with zero attached hydrogens (tertiary/aromatic N) is 2. The van der Waals surface area contributed by atoms with Gasteiger partial charge in [-0.25, -0.2) is 4.98 Å². The third-order valence-corrected chi connectivity index (χ3v) is 3.13. The van der Waals surface area contributed by atoms with Crippen LogP contribution in [0.25, 0.3) is 0 Å². The van der Waals surface area contributed by atoms with Gasteiger partial charge in [-0.1, -0.05) is 34.1 Å². The molecule has 0 saturated carbocycles. The van der Waals surface area contributed by atoms with E-state index in [9.17, 15) is 0 Å². The Bertz CT molecular complexity index is 519. The topological polar surface area (TPSA) is 47.0 Å². The van der Waals surface area contributed by atoms with Gasteiger partial charge in [0.1, 0.15) is 6.61 Å². The molecule has 0 bridgehead atoms. The Morgan fingerprint density at radius 3 is 2.89 bits per heavy atom. The Morgan fingerprint density at radius 1 is 1.28 bits per heavy atom. The molecule has 0 unspecified atom stereocenters. The average molecular weight is 308 g/mol. The van der Waals surface area contributed by atoms with E-state index in [-0.39, 0.29) is 0 Å². The fraction of sp³-hybridized carbons (Fsp3) is 0.231. The van der Waals surface area contributed by atoms with Crippen LogP contribution in [0.4, 0.5) is 0 Å². The Balaban J connectivity index is 2.02. The maximum atomic E-state index is 5.63. The standard InChI is InChI=1S/C13H14BrN3O/c1-15-6-11-7-16-8-13(17-11)18-9-10-4-2-3-5-12(10)14/h2-5,7-8,15H,6,9H2,1H3. The van der Waals surface area contributed by atoms with Crippen LogP contribution in [-0.2, 0) is 13.2 Å². The molecule has 1 aromatic carbocycles. The van der Waals surface area contributed by atoms with Gasteiger partial charge >= 0.3 is 0 Å². The summed E-state index contributed by atoms with van der Waals surface area (Å²) in [6.07, 6.45) is 3.35. The van der Waals surface area contributed by atoms with Crippen LogP contribution in [0.2, 0.25) is 0 Å². The molecule has 2 aromatic rings. The summed E-state index contributed by atoms with van der Waals surface area (Å²) in [4.78, 5) is 8.44. The first kappa shape index (κ1) is 13.0. The smallest absolute Gasteiger partial charge is 0.232 e. The fourth-order valence-corrected chi connectivity index (χ4v) is 1.89. The number of ether oxygens (including phenoxy) is 1. The normalized spacial score (nSPS) is 10.3. The van der Waals surface area contributed by atoms with Crippen LogP contribution in [0.1, 0.15) is 11.3 Å². The van der Waals surface area contributed by atoms with Gasteiger partial charge in [-0.05, 0) is 13.1 Å². The number of nitrogens with one attached hydrogen (secondary N) is 1. The lowest BCUT2D eigenvalue weighted by Gasteiger charge is -2.07. The predicted molar refractivity (Wildman–Crippen MR) is 73.3 cm³/mol. The summed E-state index contributed by atoms with van der Waals surface area (Å²) in [7, 11) is 1.87. The minimum absolute atomic E-state index is 0.471. The molecular formula is C13H14BrN3O. The molecule has 5 heteroatoms. The third kappa shape index (κ3) is 3.51. The zero-order valence-corrected chi connectivity index (χ0v) is 11.6. The van der Waals surface area contributed by atoms with Crippen LogP contribution in [0.15, 0.2) is 41.1 Å². The van der Waals surface area contributed by atoms with Gasteiger partial charge in [-0.15, -0.1) is 0 Å². The number of hydrogen-bond donors (Lipinski definition) is 1. The van der Waals surface area contributed by atoms with Crippen LogP contribution < -0.4 is 10.1 Å². The number of halogens is 1. The van der Waals surface area contributed by atoms with E-state index in [0.29, 0.717) is 19.0 Å². The summed E-state index contributed by atoms with van der Waals surface area (Å²) in [5.41, 5.74) is 1.94. The fourth-order valence-electron chi connectivity index (χ4n) is 1.49. The van der Waals surface area contributed by atoms with Gasteiger partial charge in [0.25, 0.3) is 0 Å². The van der Waals surface area contributed by atoms with Crippen LogP contribution in [-0.4, -0.2) is 17.0 Å². The van der Waals surface area contributed by atoms with E-state index in [1.54, 1.807) is 12.4 Å². The first-order valence-electron chi connectivity index (χ1n) is 5.61. The molecule has 4 nitrogen and oxygen atoms in total. The lowest BCUT2D eigenvalue weighted by Crippen LogP contribution is -2.08. The third-order valence-electron chi connectivity index (χ3n) is 2.35. The summed E-state index contributed by atoms with van der Waals surface area (Å²) in [5.74, 6) is 0.540. The summed E-state index contributed by atoms with van der Waals surface area (Å²) in [6.45, 7) is 1.15. The minimum atomic E-state index is 0.471. The van der Waals surface area contributed by atoms with Crippen molar-refractivity contribution in [2.75, 3.05) is 7.05 Å². The van der Waals surface area contributed by atoms with E-state index in [0.717, 1.165) is 15.7 Å². The zero-order chi connectivity index (χ0) is 12.8. The van der Waals surface area contributed by atoms with Gasteiger partial charge in [0.05, 0.1) is 11.9 Å². The van der Waals surface area contributed by atoms with Crippen LogP contribution in [0.5, 0.6) is 5.88 Å². The largest absolute Gasteiger partial charge is 0.472 e. The summed E-state index contributed by atoms with van der Waals surface area (Å²) in [5, 5.41) is 3.03. The number of hydrogen-bond acceptors (Lipinski definition) is 4. The van der Waals surface area contributed by atoms with Crippen molar-refractivity contribution >= 4 is 15.9 Å². The molecule has 0 amide bonds. The monoisotopic (exact) mass is 307 g/mol. The van der Waals surface area contributed by atoms with Crippen LogP contribution in [0, 0.1) is 0 Å². The molecular weight excluding hydrogens is 294 g/mol. The zero-order valence-electron chi connectivity index (χ0n) is 10.1. The van der Waals surface area contributed by atoms with Crippen molar-refractivity contribution in [3.05, 3.63) is 52.4 Å². The molecule has 0 aliphatic heterocycles. The van der Waals surface area contributed by atoms with Crippen molar-refractivity contribution in [3.8, 4) is 5.88 Å². The Morgan fingerprint density at radius 2 is 2.11 bits per heavy atom. The summed E-state index contributed by atoms with van der Waals surface area (Å²) in [6, 6.07) is 7.95. The second-order valence-corrected chi connectivity index (χ2v) is 4.61. The average Bonchev–Trinajstić information content (AvgIpc) is 2.39. The van der Waals surface area contributed by atoms with E-state index in [1.165, 1.54) is 0 Å². The Labute approximate surface area is 115 Å². The van der Waals surface area contributed by atoms with Crippen molar-refractivity contribution in [2.45, 2.75) is 13.2 Å². The van der Waals surface area contributed by atoms with Crippen molar-refractivity contribution in [2.24, 2.45) is 0 Å². The van der Waals surface area contributed by atoms with Gasteiger partial charge < -0.3 is 10.1 Å². The highest BCUT2D eigenvalue weighted by atomic mass is 79.9. The molecule has 18 heavy (non-hydrogen) atoms. The Kier molecular flexibility index (Phi) is 4.66. The molecule has 94 valence electrons. The van der Waals surface area contributed by atoms with Gasteiger partial charge in [0.2, 0.25) is 5.88 Å². The second-order valence-electron chi connectivity index (χ2n) is 3.76. The predicted octanol–water partition coefficient (Wildman–Crippen LogP) is 2.54. The molecule has 1 heterocycles. The minimum Gasteiger partial charge on any atom is -0.472 e. The number of rotatable bonds is 5. The van der Waals surface area contributed by atoms with Crippen molar-refractivity contribution < 1.29 is 4.74 Å². The highest BCUT2D eigenvalue weighted by Gasteiger charge is 2.02. The van der Waals surface area contributed by atoms with Crippen molar-refractivity contribution in [1.82, 2.24) is 15.3 Å². The highest BCUT2D eigenvalue weighted by molar-refractivity contribution is 9.10. The quantitative estimate of drug-likeness (QED) is 0.922. The van der Waals surface area contributed by atoms with E-state index < -0.39 is 0 Å². The van der Waals surface area contributed by atoms with E-state index in [4.69, 9.17) is 4.74 Å². The molecule has 0 fully saturated rings. The molecule has 0 atom stereocenters. The van der Waals surface area contributed by atoms with Gasteiger partial charge in [-0.2, -0.15) is 0 Å². The van der Waals surface area contributed by atoms with Crippen molar-refractivity contribution in [1.29, 1.82) is 0 Å². The van der Waals surface area contributed by atoms with Crippen LogP contribution >= 0.6 is 15.9 Å². The molecule has 1 aromatic heterocycles. The lowest BCUT2D eigenvalue weighted by atomic mass is 10.2.